The minimum atomic E-state index is -2.47. The van der Waals surface area contributed by atoms with E-state index in [1.807, 2.05) is 36.4 Å². The van der Waals surface area contributed by atoms with E-state index in [1.165, 1.54) is 0 Å². The van der Waals surface area contributed by atoms with E-state index in [1.54, 1.807) is 37.6 Å². The highest BCUT2D eigenvalue weighted by Gasteiger charge is 2.39. The zero-order valence-corrected chi connectivity index (χ0v) is 34.4. The van der Waals surface area contributed by atoms with Crippen molar-refractivity contribution in [1.29, 1.82) is 0 Å². The van der Waals surface area contributed by atoms with Crippen molar-refractivity contribution in [2.75, 3.05) is 51.6 Å². The quantitative estimate of drug-likeness (QED) is 0.0867. The van der Waals surface area contributed by atoms with Gasteiger partial charge < -0.3 is 29.2 Å². The van der Waals surface area contributed by atoms with E-state index in [4.69, 9.17) is 26.1 Å². The molecule has 7 rings (SSSR count). The van der Waals surface area contributed by atoms with Gasteiger partial charge in [-0.1, -0.05) is 41.9 Å². The van der Waals surface area contributed by atoms with Crippen LogP contribution in [-0.4, -0.2) is 91.4 Å². The standard InChI is InChI=1S/C43H50ClN6O6P/c1-55-38-25-32(11-10-28(38)24-40-46-26-35(44)36(47-40)23-29-8-4-5-9-39(29)57(2,3)54)49-19-16-31(17-20-49)45-18-6-7-21-56-33-12-13-34-30(22-33)27-50(43(34)53)37-14-15-41(51)48-42(37)52/h4-5,8-13,22,25-26,31,37,45H,6-7,14-21,23-24,27H2,1-3H3,(H,48,51,52). The predicted octanol–water partition coefficient (Wildman–Crippen LogP) is 5.75. The number of ether oxygens (including phenoxy) is 2. The molecule has 2 fully saturated rings. The van der Waals surface area contributed by atoms with Crippen LogP contribution >= 0.6 is 18.7 Å². The molecule has 2 saturated heterocycles. The highest BCUT2D eigenvalue weighted by molar-refractivity contribution is 7.70. The molecule has 1 atom stereocenters. The van der Waals surface area contributed by atoms with E-state index in [2.05, 4.69) is 38.7 Å². The molecule has 3 aromatic carbocycles. The van der Waals surface area contributed by atoms with Gasteiger partial charge in [0.05, 0.1) is 24.4 Å². The largest absolute Gasteiger partial charge is 0.496 e. The van der Waals surface area contributed by atoms with E-state index in [9.17, 15) is 18.9 Å². The number of hydrogen-bond donors (Lipinski definition) is 2. The lowest BCUT2D eigenvalue weighted by Gasteiger charge is -2.34. The second-order valence-electron chi connectivity index (χ2n) is 15.4. The molecule has 3 aliphatic heterocycles. The first kappa shape index (κ1) is 40.4. The Morgan fingerprint density at radius 3 is 2.54 bits per heavy atom. The van der Waals surface area contributed by atoms with Crippen molar-refractivity contribution >= 4 is 47.5 Å². The van der Waals surface area contributed by atoms with Crippen LogP contribution in [0.3, 0.4) is 0 Å². The van der Waals surface area contributed by atoms with Crippen molar-refractivity contribution in [3.05, 3.63) is 106 Å². The topological polar surface area (TPSA) is 143 Å². The zero-order valence-electron chi connectivity index (χ0n) is 32.8. The number of nitrogens with zero attached hydrogens (tertiary/aromatic N) is 4. The molecule has 14 heteroatoms. The number of halogens is 1. The molecule has 0 bridgehead atoms. The average Bonchev–Trinajstić information content (AvgIpc) is 3.52. The van der Waals surface area contributed by atoms with Crippen LogP contribution in [0, 0.1) is 0 Å². The molecular formula is C43H50ClN6O6P. The van der Waals surface area contributed by atoms with Crippen molar-refractivity contribution in [2.45, 2.75) is 70.0 Å². The summed E-state index contributed by atoms with van der Waals surface area (Å²) < 4.78 is 24.8. The molecule has 1 unspecified atom stereocenters. The van der Waals surface area contributed by atoms with E-state index in [0.717, 1.165) is 78.7 Å². The van der Waals surface area contributed by atoms with Crippen molar-refractivity contribution in [2.24, 2.45) is 0 Å². The first-order chi connectivity index (χ1) is 27.5. The summed E-state index contributed by atoms with van der Waals surface area (Å²) in [6, 6.07) is 19.4. The van der Waals surface area contributed by atoms with Crippen LogP contribution in [0.1, 0.15) is 77.1 Å². The monoisotopic (exact) mass is 812 g/mol. The molecule has 3 aliphatic rings. The number of imide groups is 1. The fourth-order valence-electron chi connectivity index (χ4n) is 7.97. The van der Waals surface area contributed by atoms with Crippen molar-refractivity contribution in [3.8, 4) is 11.5 Å². The molecule has 0 aliphatic carbocycles. The van der Waals surface area contributed by atoms with Crippen LogP contribution in [0.25, 0.3) is 0 Å². The molecule has 300 valence electrons. The number of carbonyl (C=O) groups is 3. The Hall–Kier alpha value is -4.77. The summed E-state index contributed by atoms with van der Waals surface area (Å²) in [5.41, 5.74) is 5.21. The highest BCUT2D eigenvalue weighted by atomic mass is 35.5. The van der Waals surface area contributed by atoms with Gasteiger partial charge in [-0.15, -0.1) is 0 Å². The number of nitrogens with one attached hydrogen (secondary N) is 2. The molecule has 0 saturated carbocycles. The molecule has 2 N–H and O–H groups in total. The Balaban J connectivity index is 0.841. The zero-order chi connectivity index (χ0) is 40.1. The van der Waals surface area contributed by atoms with Crippen LogP contribution in [0.15, 0.2) is 66.9 Å². The third-order valence-corrected chi connectivity index (χ3v) is 13.0. The number of fused-ring (bicyclic) bond motifs is 1. The number of piperidine rings is 2. The SMILES string of the molecule is COc1cc(N2CCC(NCCCCOc3ccc4c(c3)CN(C3CCC(=O)NC3=O)C4=O)CC2)ccc1Cc1ncc(Cl)c(Cc2ccccc2P(C)(C)=O)n1. The molecule has 0 spiro atoms. The van der Waals surface area contributed by atoms with E-state index in [-0.39, 0.29) is 18.2 Å². The number of carbonyl (C=O) groups excluding carboxylic acids is 3. The van der Waals surface area contributed by atoms with Gasteiger partial charge in [-0.05, 0) is 87.4 Å². The van der Waals surface area contributed by atoms with E-state index >= 15 is 0 Å². The van der Waals surface area contributed by atoms with Crippen molar-refractivity contribution in [3.63, 3.8) is 0 Å². The maximum atomic E-state index is 13.0. The minimum absolute atomic E-state index is 0.182. The summed E-state index contributed by atoms with van der Waals surface area (Å²) >= 11 is 6.55. The van der Waals surface area contributed by atoms with Gasteiger partial charge in [0.2, 0.25) is 11.8 Å². The smallest absolute Gasteiger partial charge is 0.255 e. The Bertz CT molecular complexity index is 2190. The molecule has 0 radical (unpaired) electrons. The number of benzene rings is 3. The normalized spacial score (nSPS) is 17.5. The summed E-state index contributed by atoms with van der Waals surface area (Å²) in [4.78, 5) is 50.1. The number of methoxy groups -OCH3 is 1. The average molecular weight is 813 g/mol. The number of unbranched alkanes of at least 4 members (excludes halogenated alkanes) is 1. The number of aromatic nitrogens is 2. The number of anilines is 1. The lowest BCUT2D eigenvalue weighted by molar-refractivity contribution is -0.136. The highest BCUT2D eigenvalue weighted by Crippen LogP contribution is 2.37. The molecule has 57 heavy (non-hydrogen) atoms. The van der Waals surface area contributed by atoms with Crippen LogP contribution in [0.5, 0.6) is 11.5 Å². The van der Waals surface area contributed by atoms with Gasteiger partial charge in [-0.3, -0.25) is 19.7 Å². The molecule has 4 heterocycles. The fourth-order valence-corrected chi connectivity index (χ4v) is 9.42. The van der Waals surface area contributed by atoms with Crippen LogP contribution < -0.4 is 30.3 Å². The molecule has 1 aromatic heterocycles. The number of rotatable bonds is 15. The van der Waals surface area contributed by atoms with E-state index in [0.29, 0.717) is 66.3 Å². The molecular weight excluding hydrogens is 763 g/mol. The minimum Gasteiger partial charge on any atom is -0.496 e. The summed E-state index contributed by atoms with van der Waals surface area (Å²) in [5, 5.41) is 7.40. The van der Waals surface area contributed by atoms with Gasteiger partial charge in [0, 0.05) is 79.3 Å². The van der Waals surface area contributed by atoms with Crippen LogP contribution in [-0.2, 0) is 33.5 Å². The van der Waals surface area contributed by atoms with Crippen molar-refractivity contribution in [1.82, 2.24) is 25.5 Å². The van der Waals surface area contributed by atoms with Crippen LogP contribution in [0.2, 0.25) is 5.02 Å². The number of amides is 3. The summed E-state index contributed by atoms with van der Waals surface area (Å²) in [6.45, 7) is 7.27. The second-order valence-corrected chi connectivity index (χ2v) is 19.0. The van der Waals surface area contributed by atoms with Gasteiger partial charge in [-0.2, -0.15) is 0 Å². The number of hydrogen-bond acceptors (Lipinski definition) is 10. The molecule has 3 amide bonds. The van der Waals surface area contributed by atoms with Gasteiger partial charge in [0.1, 0.15) is 30.5 Å². The maximum absolute atomic E-state index is 13.0. The van der Waals surface area contributed by atoms with Crippen LogP contribution in [0.4, 0.5) is 5.69 Å². The Morgan fingerprint density at radius 1 is 0.965 bits per heavy atom. The predicted molar refractivity (Wildman–Crippen MR) is 222 cm³/mol. The lowest BCUT2D eigenvalue weighted by Crippen LogP contribution is -2.52. The second kappa shape index (κ2) is 17.8. The molecule has 12 nitrogen and oxygen atoms in total. The Morgan fingerprint density at radius 2 is 1.77 bits per heavy atom. The first-order valence-corrected chi connectivity index (χ1v) is 22.6. The summed E-state index contributed by atoms with van der Waals surface area (Å²) in [7, 11) is -0.778. The van der Waals surface area contributed by atoms with Gasteiger partial charge in [-0.25, -0.2) is 9.97 Å². The maximum Gasteiger partial charge on any atom is 0.255 e. The van der Waals surface area contributed by atoms with Crippen molar-refractivity contribution < 1.29 is 28.4 Å². The lowest BCUT2D eigenvalue weighted by atomic mass is 10.0. The van der Waals surface area contributed by atoms with Gasteiger partial charge in [0.15, 0.2) is 0 Å². The van der Waals surface area contributed by atoms with Gasteiger partial charge in [0.25, 0.3) is 5.91 Å². The first-order valence-electron chi connectivity index (χ1n) is 19.7. The Kier molecular flexibility index (Phi) is 12.6. The van der Waals surface area contributed by atoms with E-state index < -0.39 is 19.1 Å². The third kappa shape index (κ3) is 9.68. The molecule has 4 aromatic rings. The van der Waals surface area contributed by atoms with Gasteiger partial charge >= 0.3 is 0 Å². The third-order valence-electron chi connectivity index (χ3n) is 11.0. The Labute approximate surface area is 339 Å². The fraction of sp³-hybridized carbons (Fsp3) is 0.419. The summed E-state index contributed by atoms with van der Waals surface area (Å²) in [5.74, 6) is 1.27. The summed E-state index contributed by atoms with van der Waals surface area (Å²) in [6.07, 6.45) is 7.16.